The molecule has 1 saturated heterocycles. The molecule has 1 fully saturated rings. The van der Waals surface area contributed by atoms with Gasteiger partial charge >= 0.3 is 0 Å². The predicted octanol–water partition coefficient (Wildman–Crippen LogP) is 2.75. The van der Waals surface area contributed by atoms with Crippen molar-refractivity contribution >= 4 is 24.0 Å². The van der Waals surface area contributed by atoms with Gasteiger partial charge in [0, 0.05) is 29.9 Å². The monoisotopic (exact) mass is 426 g/mol. The Labute approximate surface area is 177 Å². The largest absolute Gasteiger partial charge is 0.497 e. The molecule has 2 amide bonds. The van der Waals surface area contributed by atoms with Crippen LogP contribution in [0.25, 0.3) is 12.2 Å². The zero-order chi connectivity index (χ0) is 22.4. The maximum absolute atomic E-state index is 13.5. The lowest BCUT2D eigenvalue weighted by molar-refractivity contribution is -0.131. The summed E-state index contributed by atoms with van der Waals surface area (Å²) in [5, 5.41) is 11.4. The molecule has 1 aliphatic rings. The van der Waals surface area contributed by atoms with E-state index in [9.17, 15) is 18.4 Å². The van der Waals surface area contributed by atoms with Gasteiger partial charge in [-0.1, -0.05) is 24.3 Å². The van der Waals surface area contributed by atoms with E-state index in [1.807, 2.05) is 12.1 Å². The Morgan fingerprint density at radius 1 is 1.32 bits per heavy atom. The number of halogens is 2. The first-order valence-electron chi connectivity index (χ1n) is 9.44. The zero-order valence-corrected chi connectivity index (χ0v) is 16.7. The number of nitrogens with zero attached hydrogens (tertiary/aromatic N) is 3. The van der Waals surface area contributed by atoms with E-state index in [2.05, 4.69) is 10.3 Å². The van der Waals surface area contributed by atoms with Crippen LogP contribution in [0.4, 0.5) is 8.78 Å². The molecule has 0 radical (unpaired) electrons. The van der Waals surface area contributed by atoms with Crippen molar-refractivity contribution in [1.82, 2.24) is 15.2 Å². The van der Waals surface area contributed by atoms with Crippen LogP contribution in [0.1, 0.15) is 27.9 Å². The van der Waals surface area contributed by atoms with Gasteiger partial charge in [-0.15, -0.1) is 0 Å². The number of nitriles is 1. The number of aromatic nitrogens is 1. The van der Waals surface area contributed by atoms with Crippen molar-refractivity contribution in [1.29, 1.82) is 5.26 Å². The number of carbonyl (C=O) groups is 2. The smallest absolute Gasteiger partial charge is 0.268 e. The molecule has 9 heteroatoms. The molecular weight excluding hydrogens is 406 g/mol. The minimum atomic E-state index is -3.11. The molecule has 1 N–H and O–H groups in total. The van der Waals surface area contributed by atoms with Gasteiger partial charge in [0.1, 0.15) is 11.8 Å². The zero-order valence-electron chi connectivity index (χ0n) is 16.7. The van der Waals surface area contributed by atoms with E-state index in [1.165, 1.54) is 18.5 Å². The molecule has 0 saturated carbocycles. The Balaban J connectivity index is 1.66. The molecule has 2 heterocycles. The molecule has 0 spiro atoms. The van der Waals surface area contributed by atoms with Crippen molar-refractivity contribution in [2.45, 2.75) is 18.4 Å². The van der Waals surface area contributed by atoms with E-state index >= 15 is 0 Å². The summed E-state index contributed by atoms with van der Waals surface area (Å²) in [5.74, 6) is -3.67. The molecule has 1 aromatic carbocycles. The summed E-state index contributed by atoms with van der Waals surface area (Å²) in [7, 11) is 1.58. The number of likely N-dealkylation sites (tertiary alicyclic amines) is 1. The predicted molar refractivity (Wildman–Crippen MR) is 109 cm³/mol. The number of hydrogen-bond acceptors (Lipinski definition) is 5. The Bertz CT molecular complexity index is 1030. The van der Waals surface area contributed by atoms with Gasteiger partial charge in [-0.3, -0.25) is 14.6 Å². The number of nitrogens with one attached hydrogen (secondary N) is 1. The lowest BCUT2D eigenvalue weighted by atomic mass is 10.1. The third kappa shape index (κ3) is 5.42. The van der Waals surface area contributed by atoms with Crippen LogP contribution in [0, 0.1) is 11.3 Å². The number of hydrogen-bond donors (Lipinski definition) is 1. The average molecular weight is 426 g/mol. The summed E-state index contributed by atoms with van der Waals surface area (Å²) in [6.45, 7) is -1.32. The first-order chi connectivity index (χ1) is 14.8. The van der Waals surface area contributed by atoms with Gasteiger partial charge < -0.3 is 15.0 Å². The Morgan fingerprint density at radius 2 is 2.06 bits per heavy atom. The van der Waals surface area contributed by atoms with Gasteiger partial charge in [-0.05, 0) is 23.8 Å². The van der Waals surface area contributed by atoms with Gasteiger partial charge in [0.2, 0.25) is 5.91 Å². The summed E-state index contributed by atoms with van der Waals surface area (Å²) in [5.41, 5.74) is 1.67. The second-order valence-corrected chi connectivity index (χ2v) is 6.98. The molecule has 160 valence electrons. The second-order valence-electron chi connectivity index (χ2n) is 6.98. The van der Waals surface area contributed by atoms with Gasteiger partial charge in [-0.2, -0.15) is 5.26 Å². The van der Waals surface area contributed by atoms with Crippen molar-refractivity contribution in [2.75, 3.05) is 20.2 Å². The molecule has 2 aromatic rings. The molecule has 1 aromatic heterocycles. The second kappa shape index (κ2) is 9.34. The number of rotatable bonds is 6. The summed E-state index contributed by atoms with van der Waals surface area (Å²) < 4.78 is 32.2. The summed E-state index contributed by atoms with van der Waals surface area (Å²) in [6, 6.07) is 9.30. The van der Waals surface area contributed by atoms with Crippen LogP contribution in [0.3, 0.4) is 0 Å². The van der Waals surface area contributed by atoms with E-state index in [1.54, 1.807) is 37.5 Å². The van der Waals surface area contributed by atoms with Gasteiger partial charge in [0.25, 0.3) is 11.8 Å². The van der Waals surface area contributed by atoms with Crippen LogP contribution in [0.15, 0.2) is 42.7 Å². The number of alkyl halides is 2. The van der Waals surface area contributed by atoms with E-state index in [-0.39, 0.29) is 5.56 Å². The molecule has 31 heavy (non-hydrogen) atoms. The van der Waals surface area contributed by atoms with Crippen LogP contribution >= 0.6 is 0 Å². The fraction of sp³-hybridized carbons (Fsp3) is 0.273. The molecule has 0 aliphatic carbocycles. The molecule has 7 nitrogen and oxygen atoms in total. The highest BCUT2D eigenvalue weighted by molar-refractivity contribution is 6.00. The minimum absolute atomic E-state index is 0.274. The third-order valence-corrected chi connectivity index (χ3v) is 4.81. The van der Waals surface area contributed by atoms with Crippen LogP contribution < -0.4 is 10.1 Å². The highest BCUT2D eigenvalue weighted by Crippen LogP contribution is 2.31. The quantitative estimate of drug-likeness (QED) is 0.767. The molecular formula is C22H20F2N4O3. The average Bonchev–Trinajstić information content (AvgIpc) is 3.11. The Hall–Kier alpha value is -3.80. The van der Waals surface area contributed by atoms with Crippen LogP contribution in [-0.2, 0) is 4.79 Å². The van der Waals surface area contributed by atoms with Crippen molar-refractivity contribution in [3.05, 3.63) is 59.4 Å². The summed E-state index contributed by atoms with van der Waals surface area (Å²) >= 11 is 0. The topological polar surface area (TPSA) is 95.3 Å². The van der Waals surface area contributed by atoms with Gasteiger partial charge in [0.15, 0.2) is 0 Å². The highest BCUT2D eigenvalue weighted by atomic mass is 19.3. The minimum Gasteiger partial charge on any atom is -0.497 e. The number of amides is 2. The normalized spacial score (nSPS) is 17.4. The fourth-order valence-corrected chi connectivity index (χ4v) is 3.19. The number of benzene rings is 1. The molecule has 1 atom stereocenters. The maximum atomic E-state index is 13.5. The lowest BCUT2D eigenvalue weighted by Gasteiger charge is -2.19. The Morgan fingerprint density at radius 3 is 2.74 bits per heavy atom. The fourth-order valence-electron chi connectivity index (χ4n) is 3.19. The summed E-state index contributed by atoms with van der Waals surface area (Å²) in [4.78, 5) is 29.7. The molecule has 1 aliphatic heterocycles. The molecule has 3 rings (SSSR count). The van der Waals surface area contributed by atoms with Crippen LogP contribution in [0.2, 0.25) is 0 Å². The highest BCUT2D eigenvalue weighted by Gasteiger charge is 2.47. The summed E-state index contributed by atoms with van der Waals surface area (Å²) in [6.07, 6.45) is 5.74. The Kier molecular flexibility index (Phi) is 6.60. The van der Waals surface area contributed by atoms with Crippen molar-refractivity contribution in [3.8, 4) is 11.8 Å². The number of carbonyl (C=O) groups excluding carboxylic acids is 2. The van der Waals surface area contributed by atoms with E-state index in [4.69, 9.17) is 10.00 Å². The SMILES string of the molecule is COc1ccc(/C=C/c2cnccc2C(=O)NCC(=O)N2CC(F)(F)CC2C#N)cc1. The van der Waals surface area contributed by atoms with Crippen molar-refractivity contribution in [3.63, 3.8) is 0 Å². The molecule has 1 unspecified atom stereocenters. The third-order valence-electron chi connectivity index (χ3n) is 4.81. The molecule has 0 bridgehead atoms. The van der Waals surface area contributed by atoms with E-state index in [0.29, 0.717) is 5.56 Å². The number of ether oxygens (including phenoxy) is 1. The standard InChI is InChI=1S/C22H20F2N4O3/c1-31-18-6-3-15(4-7-18)2-5-16-12-26-9-8-19(16)21(30)27-13-20(29)28-14-22(23,24)10-17(28)11-25/h2-9,12,17H,10,13-14H2,1H3,(H,27,30)/b5-2+. The first kappa shape index (κ1) is 21.9. The van der Waals surface area contributed by atoms with Gasteiger partial charge in [0.05, 0.1) is 26.3 Å². The number of pyridine rings is 1. The van der Waals surface area contributed by atoms with Crippen molar-refractivity contribution < 1.29 is 23.1 Å². The number of methoxy groups -OCH3 is 1. The van der Waals surface area contributed by atoms with Crippen molar-refractivity contribution in [2.24, 2.45) is 0 Å². The van der Waals surface area contributed by atoms with Crippen LogP contribution in [0.5, 0.6) is 5.75 Å². The first-order valence-corrected chi connectivity index (χ1v) is 9.44. The van der Waals surface area contributed by atoms with E-state index in [0.717, 1.165) is 16.2 Å². The van der Waals surface area contributed by atoms with Crippen LogP contribution in [-0.4, -0.2) is 53.9 Å². The lowest BCUT2D eigenvalue weighted by Crippen LogP contribution is -2.43. The van der Waals surface area contributed by atoms with Gasteiger partial charge in [-0.25, -0.2) is 8.78 Å². The van der Waals surface area contributed by atoms with E-state index < -0.39 is 43.3 Å². The maximum Gasteiger partial charge on any atom is 0.268 e.